The van der Waals surface area contributed by atoms with Crippen LogP contribution in [-0.2, 0) is 17.8 Å². The van der Waals surface area contributed by atoms with Crippen LogP contribution < -0.4 is 14.8 Å². The molecular formula is C24H27NO4. The molecule has 4 aliphatic rings. The summed E-state index contributed by atoms with van der Waals surface area (Å²) in [7, 11) is 1.77. The van der Waals surface area contributed by atoms with Crippen LogP contribution in [0.3, 0.4) is 0 Å². The number of carbonyl (C=O) groups excluding carboxylic acids is 1. The van der Waals surface area contributed by atoms with Gasteiger partial charge in [0, 0.05) is 23.1 Å². The van der Waals surface area contributed by atoms with E-state index in [2.05, 4.69) is 11.4 Å². The van der Waals surface area contributed by atoms with Crippen molar-refractivity contribution in [2.24, 2.45) is 0 Å². The molecule has 1 unspecified atom stereocenters. The molecule has 1 heterocycles. The molecule has 29 heavy (non-hydrogen) atoms. The Morgan fingerprint density at radius 2 is 1.83 bits per heavy atom. The lowest BCUT2D eigenvalue weighted by molar-refractivity contribution is 0.133. The van der Waals surface area contributed by atoms with Crippen LogP contribution in [0.5, 0.6) is 11.5 Å². The van der Waals surface area contributed by atoms with Gasteiger partial charge in [0.15, 0.2) is 0 Å². The number of alkyl carbamates (subject to hydrolysis) is 1. The number of fused-ring (bicyclic) bond motifs is 3. The van der Waals surface area contributed by atoms with Crippen molar-refractivity contribution in [1.82, 2.24) is 5.32 Å². The molecule has 2 aromatic rings. The number of hydrogen-bond acceptors (Lipinski definition) is 4. The van der Waals surface area contributed by atoms with Gasteiger partial charge in [0.1, 0.15) is 24.2 Å². The third-order valence-corrected chi connectivity index (χ3v) is 6.58. The topological polar surface area (TPSA) is 56.8 Å². The Bertz CT molecular complexity index is 903. The zero-order valence-corrected chi connectivity index (χ0v) is 16.8. The number of methoxy groups -OCH3 is 1. The Balaban J connectivity index is 1.24. The number of amides is 1. The van der Waals surface area contributed by atoms with Gasteiger partial charge in [-0.2, -0.15) is 0 Å². The maximum Gasteiger partial charge on any atom is 0.407 e. The summed E-state index contributed by atoms with van der Waals surface area (Å²) in [6.07, 6.45) is 5.31. The van der Waals surface area contributed by atoms with Gasteiger partial charge < -0.3 is 19.5 Å². The standard InChI is InChI=1S/C24H27NO4/c1-27-20-12-18-11-19(13-25-24(26)28-14-15-5-3-2-4-6-15)29-23(18)22-17-9-7-16(8-10-17)21(20)22/h2-6,12,16-17,19H,7-11,13-14H2,1H3,(H,25,26). The lowest BCUT2D eigenvalue weighted by atomic mass is 9.66. The molecule has 1 atom stereocenters. The number of hydrogen-bond donors (Lipinski definition) is 1. The number of ether oxygens (including phenoxy) is 3. The summed E-state index contributed by atoms with van der Waals surface area (Å²) < 4.78 is 17.4. The van der Waals surface area contributed by atoms with Crippen LogP contribution in [0.1, 0.15) is 59.8 Å². The molecule has 0 radical (unpaired) electrons. The minimum absolute atomic E-state index is 0.0639. The lowest BCUT2D eigenvalue weighted by Crippen LogP contribution is -2.34. The summed E-state index contributed by atoms with van der Waals surface area (Å²) in [5, 5.41) is 2.85. The number of nitrogens with one attached hydrogen (secondary N) is 1. The van der Waals surface area contributed by atoms with Crippen molar-refractivity contribution < 1.29 is 19.0 Å². The molecule has 1 aliphatic heterocycles. The van der Waals surface area contributed by atoms with Crippen LogP contribution in [-0.4, -0.2) is 25.9 Å². The summed E-state index contributed by atoms with van der Waals surface area (Å²) in [6.45, 7) is 0.708. The van der Waals surface area contributed by atoms with Crippen molar-refractivity contribution in [3.05, 3.63) is 58.7 Å². The van der Waals surface area contributed by atoms with E-state index in [1.165, 1.54) is 42.4 Å². The predicted molar refractivity (Wildman–Crippen MR) is 110 cm³/mol. The average molecular weight is 393 g/mol. The Morgan fingerprint density at radius 1 is 1.10 bits per heavy atom. The third-order valence-electron chi connectivity index (χ3n) is 6.58. The van der Waals surface area contributed by atoms with E-state index in [1.807, 2.05) is 30.3 Å². The van der Waals surface area contributed by atoms with Crippen molar-refractivity contribution in [3.63, 3.8) is 0 Å². The average Bonchev–Trinajstić information content (AvgIpc) is 3.20. The minimum atomic E-state index is -0.410. The monoisotopic (exact) mass is 393 g/mol. The molecule has 0 saturated heterocycles. The fourth-order valence-electron chi connectivity index (χ4n) is 5.23. The van der Waals surface area contributed by atoms with Crippen LogP contribution in [0, 0.1) is 0 Å². The molecule has 6 rings (SSSR count). The Labute approximate surface area is 171 Å². The van der Waals surface area contributed by atoms with E-state index >= 15 is 0 Å². The Hall–Kier alpha value is -2.69. The molecule has 1 fully saturated rings. The Morgan fingerprint density at radius 3 is 2.55 bits per heavy atom. The first-order chi connectivity index (χ1) is 14.2. The van der Waals surface area contributed by atoms with Gasteiger partial charge in [-0.05, 0) is 49.1 Å². The largest absolute Gasteiger partial charge is 0.496 e. The summed E-state index contributed by atoms with van der Waals surface area (Å²) in [6, 6.07) is 11.8. The van der Waals surface area contributed by atoms with Crippen molar-refractivity contribution in [3.8, 4) is 11.5 Å². The zero-order chi connectivity index (χ0) is 19.8. The molecular weight excluding hydrogens is 366 g/mol. The van der Waals surface area contributed by atoms with E-state index in [1.54, 1.807) is 7.11 Å². The van der Waals surface area contributed by atoms with Crippen LogP contribution in [0.4, 0.5) is 4.79 Å². The fraction of sp³-hybridized carbons (Fsp3) is 0.458. The first-order valence-corrected chi connectivity index (χ1v) is 10.6. The summed E-state index contributed by atoms with van der Waals surface area (Å²) in [5.74, 6) is 3.26. The third kappa shape index (κ3) is 3.43. The van der Waals surface area contributed by atoms with Gasteiger partial charge in [-0.15, -0.1) is 0 Å². The summed E-state index contributed by atoms with van der Waals surface area (Å²) in [4.78, 5) is 12.1. The summed E-state index contributed by atoms with van der Waals surface area (Å²) in [5.41, 5.74) is 4.94. The van der Waals surface area contributed by atoms with Crippen LogP contribution in [0.15, 0.2) is 36.4 Å². The molecule has 0 spiro atoms. The Kier molecular flexibility index (Phi) is 4.82. The minimum Gasteiger partial charge on any atom is -0.496 e. The highest BCUT2D eigenvalue weighted by Crippen LogP contribution is 2.57. The van der Waals surface area contributed by atoms with E-state index in [0.29, 0.717) is 18.4 Å². The molecule has 5 nitrogen and oxygen atoms in total. The smallest absolute Gasteiger partial charge is 0.407 e. The number of benzene rings is 2. The van der Waals surface area contributed by atoms with Gasteiger partial charge in [-0.1, -0.05) is 30.3 Å². The van der Waals surface area contributed by atoms with Gasteiger partial charge in [-0.25, -0.2) is 4.79 Å². The quantitative estimate of drug-likeness (QED) is 0.801. The van der Waals surface area contributed by atoms with Crippen LogP contribution >= 0.6 is 0 Å². The van der Waals surface area contributed by atoms with Crippen molar-refractivity contribution in [2.45, 2.75) is 56.7 Å². The van der Waals surface area contributed by atoms with Gasteiger partial charge in [-0.3, -0.25) is 0 Å². The van der Waals surface area contributed by atoms with Gasteiger partial charge in [0.05, 0.1) is 13.7 Å². The maximum atomic E-state index is 12.1. The van der Waals surface area contributed by atoms with E-state index in [0.717, 1.165) is 23.5 Å². The SMILES string of the molecule is COc1cc2c(c3c1C1CCC3CC1)OC(CNC(=O)OCc1ccccc1)C2. The normalized spacial score (nSPS) is 23.7. The van der Waals surface area contributed by atoms with E-state index in [9.17, 15) is 4.79 Å². The van der Waals surface area contributed by atoms with E-state index < -0.39 is 6.09 Å². The highest BCUT2D eigenvalue weighted by Gasteiger charge is 2.40. The highest BCUT2D eigenvalue weighted by atomic mass is 16.5. The van der Waals surface area contributed by atoms with Crippen molar-refractivity contribution in [1.29, 1.82) is 0 Å². The van der Waals surface area contributed by atoms with Gasteiger partial charge in [0.25, 0.3) is 0 Å². The van der Waals surface area contributed by atoms with Gasteiger partial charge in [0.2, 0.25) is 0 Å². The molecule has 1 saturated carbocycles. The molecule has 1 amide bonds. The van der Waals surface area contributed by atoms with Crippen LogP contribution in [0.25, 0.3) is 0 Å². The fourth-order valence-corrected chi connectivity index (χ4v) is 5.23. The van der Waals surface area contributed by atoms with Crippen LogP contribution in [0.2, 0.25) is 0 Å². The summed E-state index contributed by atoms with van der Waals surface area (Å²) >= 11 is 0. The maximum absolute atomic E-state index is 12.1. The first-order valence-electron chi connectivity index (χ1n) is 10.6. The first kappa shape index (κ1) is 18.3. The predicted octanol–water partition coefficient (Wildman–Crippen LogP) is 4.68. The molecule has 152 valence electrons. The zero-order valence-electron chi connectivity index (χ0n) is 16.8. The van der Waals surface area contributed by atoms with Crippen molar-refractivity contribution >= 4 is 6.09 Å². The molecule has 2 aromatic carbocycles. The van der Waals surface area contributed by atoms with Gasteiger partial charge >= 0.3 is 6.09 Å². The second-order valence-electron chi connectivity index (χ2n) is 8.33. The van der Waals surface area contributed by atoms with Crippen molar-refractivity contribution in [2.75, 3.05) is 13.7 Å². The number of rotatable bonds is 5. The molecule has 2 bridgehead atoms. The lowest BCUT2D eigenvalue weighted by Gasteiger charge is -2.39. The van der Waals surface area contributed by atoms with E-state index in [4.69, 9.17) is 14.2 Å². The second-order valence-corrected chi connectivity index (χ2v) is 8.33. The van der Waals surface area contributed by atoms with E-state index in [-0.39, 0.29) is 12.7 Å². The highest BCUT2D eigenvalue weighted by molar-refractivity contribution is 5.67. The molecule has 0 aromatic heterocycles. The molecule has 3 aliphatic carbocycles. The second kappa shape index (κ2) is 7.62. The molecule has 5 heteroatoms. The number of carbonyl (C=O) groups is 1. The molecule has 1 N–H and O–H groups in total.